The third-order valence-corrected chi connectivity index (χ3v) is 3.72. The predicted molar refractivity (Wildman–Crippen MR) is 49.5 cm³/mol. The average Bonchev–Trinajstić information content (AvgIpc) is 2.51. The van der Waals surface area contributed by atoms with Crippen LogP contribution in [0.4, 0.5) is 0 Å². The normalized spacial score (nSPS) is 32.2. The van der Waals surface area contributed by atoms with Crippen molar-refractivity contribution in [3.63, 3.8) is 0 Å². The van der Waals surface area contributed by atoms with Crippen LogP contribution in [0, 0.1) is 11.3 Å². The summed E-state index contributed by atoms with van der Waals surface area (Å²) in [5.74, 6) is -0.645. The quantitative estimate of drug-likeness (QED) is 0.643. The summed E-state index contributed by atoms with van der Waals surface area (Å²) in [5, 5.41) is 12.2. The first-order valence-electron chi connectivity index (χ1n) is 5.15. The molecule has 0 aromatic carbocycles. The number of hydrogen-bond donors (Lipinski definition) is 2. The van der Waals surface area contributed by atoms with E-state index in [9.17, 15) is 4.79 Å². The molecule has 0 radical (unpaired) electrons. The van der Waals surface area contributed by atoms with E-state index in [1.165, 1.54) is 12.8 Å². The summed E-state index contributed by atoms with van der Waals surface area (Å²) in [6, 6.07) is 0. The van der Waals surface area contributed by atoms with Crippen molar-refractivity contribution in [1.82, 2.24) is 5.32 Å². The number of carboxylic acid groups (broad SMARTS) is 1. The van der Waals surface area contributed by atoms with Crippen LogP contribution in [0.15, 0.2) is 0 Å². The summed E-state index contributed by atoms with van der Waals surface area (Å²) >= 11 is 0. The van der Waals surface area contributed by atoms with Gasteiger partial charge in [-0.3, -0.25) is 4.79 Å². The molecule has 0 aromatic heterocycles. The first-order chi connectivity index (χ1) is 6.22. The summed E-state index contributed by atoms with van der Waals surface area (Å²) in [5.41, 5.74) is 0.383. The number of piperidine rings is 1. The maximum atomic E-state index is 10.8. The van der Waals surface area contributed by atoms with Crippen molar-refractivity contribution < 1.29 is 9.90 Å². The van der Waals surface area contributed by atoms with E-state index in [-0.39, 0.29) is 5.92 Å². The van der Waals surface area contributed by atoms with E-state index in [0.717, 1.165) is 32.4 Å². The van der Waals surface area contributed by atoms with Crippen LogP contribution in [0.5, 0.6) is 0 Å². The molecule has 2 rings (SSSR count). The van der Waals surface area contributed by atoms with Gasteiger partial charge in [-0.1, -0.05) is 0 Å². The number of hydrogen-bond acceptors (Lipinski definition) is 2. The smallest absolute Gasteiger partial charge is 0.306 e. The van der Waals surface area contributed by atoms with Gasteiger partial charge in [-0.2, -0.15) is 0 Å². The molecule has 3 nitrogen and oxygen atoms in total. The Morgan fingerprint density at radius 1 is 1.31 bits per heavy atom. The molecule has 0 bridgehead atoms. The molecule has 0 unspecified atom stereocenters. The fourth-order valence-electron chi connectivity index (χ4n) is 2.83. The Bertz CT molecular complexity index is 209. The van der Waals surface area contributed by atoms with Crippen molar-refractivity contribution in [3.8, 4) is 0 Å². The topological polar surface area (TPSA) is 49.3 Å². The molecule has 1 saturated heterocycles. The zero-order valence-corrected chi connectivity index (χ0v) is 7.88. The van der Waals surface area contributed by atoms with Crippen LogP contribution in [0.2, 0.25) is 0 Å². The van der Waals surface area contributed by atoms with E-state index >= 15 is 0 Å². The molecule has 74 valence electrons. The maximum Gasteiger partial charge on any atom is 0.306 e. The number of nitrogens with one attached hydrogen (secondary N) is 1. The maximum absolute atomic E-state index is 10.8. The van der Waals surface area contributed by atoms with Gasteiger partial charge < -0.3 is 10.4 Å². The Hall–Kier alpha value is -0.570. The number of rotatable bonds is 1. The van der Waals surface area contributed by atoms with Gasteiger partial charge in [0.15, 0.2) is 0 Å². The van der Waals surface area contributed by atoms with Gasteiger partial charge in [-0.15, -0.1) is 0 Å². The number of aliphatic carboxylic acids is 1. The van der Waals surface area contributed by atoms with Crippen molar-refractivity contribution in [3.05, 3.63) is 0 Å². The lowest BCUT2D eigenvalue weighted by molar-refractivity contribution is -0.141. The van der Waals surface area contributed by atoms with E-state index in [1.807, 2.05) is 0 Å². The Labute approximate surface area is 78.5 Å². The summed E-state index contributed by atoms with van der Waals surface area (Å²) in [6.45, 7) is 2.15. The highest BCUT2D eigenvalue weighted by atomic mass is 16.4. The number of carbonyl (C=O) groups is 1. The molecular weight excluding hydrogens is 166 g/mol. The lowest BCUT2D eigenvalue weighted by Crippen LogP contribution is -2.35. The highest BCUT2D eigenvalue weighted by Gasteiger charge is 2.42. The van der Waals surface area contributed by atoms with Crippen molar-refractivity contribution in [1.29, 1.82) is 0 Å². The van der Waals surface area contributed by atoms with Crippen LogP contribution in [-0.4, -0.2) is 24.2 Å². The van der Waals surface area contributed by atoms with E-state index in [0.29, 0.717) is 5.41 Å². The highest BCUT2D eigenvalue weighted by molar-refractivity contribution is 5.70. The van der Waals surface area contributed by atoms with Crippen molar-refractivity contribution in [2.75, 3.05) is 13.1 Å². The molecule has 13 heavy (non-hydrogen) atoms. The van der Waals surface area contributed by atoms with Crippen molar-refractivity contribution >= 4 is 5.97 Å². The van der Waals surface area contributed by atoms with Crippen LogP contribution >= 0.6 is 0 Å². The molecule has 0 aromatic rings. The van der Waals surface area contributed by atoms with Gasteiger partial charge >= 0.3 is 5.97 Å². The summed E-state index contributed by atoms with van der Waals surface area (Å²) < 4.78 is 0. The summed E-state index contributed by atoms with van der Waals surface area (Å²) in [4.78, 5) is 10.8. The third kappa shape index (κ3) is 1.70. The first kappa shape index (κ1) is 9.00. The second-order valence-corrected chi connectivity index (χ2v) is 4.53. The van der Waals surface area contributed by atoms with E-state index in [2.05, 4.69) is 5.32 Å². The Kier molecular flexibility index (Phi) is 2.28. The van der Waals surface area contributed by atoms with Crippen LogP contribution < -0.4 is 5.32 Å². The third-order valence-electron chi connectivity index (χ3n) is 3.72. The number of carboxylic acids is 1. The van der Waals surface area contributed by atoms with Crippen LogP contribution in [0.25, 0.3) is 0 Å². The molecular formula is C10H17NO2. The van der Waals surface area contributed by atoms with Crippen LogP contribution in [0.3, 0.4) is 0 Å². The van der Waals surface area contributed by atoms with Crippen LogP contribution in [-0.2, 0) is 4.79 Å². The van der Waals surface area contributed by atoms with Gasteiger partial charge in [-0.05, 0) is 50.6 Å². The SMILES string of the molecule is O=C(O)[C@H]1CCC2(CCNCC2)C1. The molecule has 3 heteroatoms. The molecule has 2 aliphatic rings. The molecule has 1 heterocycles. The lowest BCUT2D eigenvalue weighted by atomic mass is 9.77. The van der Waals surface area contributed by atoms with Gasteiger partial charge in [0.25, 0.3) is 0 Å². The van der Waals surface area contributed by atoms with Gasteiger partial charge in [0.1, 0.15) is 0 Å². The second kappa shape index (κ2) is 3.29. The zero-order chi connectivity index (χ0) is 9.31. The standard InChI is InChI=1S/C10H17NO2/c12-9(13)8-1-2-10(7-8)3-5-11-6-4-10/h8,11H,1-7H2,(H,12,13)/t8-/m0/s1. The highest BCUT2D eigenvalue weighted by Crippen LogP contribution is 2.47. The molecule has 0 amide bonds. The molecule has 2 fully saturated rings. The fourth-order valence-corrected chi connectivity index (χ4v) is 2.83. The Morgan fingerprint density at radius 2 is 2.00 bits per heavy atom. The van der Waals surface area contributed by atoms with Gasteiger partial charge in [0.05, 0.1) is 5.92 Å². The van der Waals surface area contributed by atoms with Gasteiger partial charge in [0.2, 0.25) is 0 Å². The molecule has 1 spiro atoms. The minimum absolute atomic E-state index is 0.0573. The molecule has 1 saturated carbocycles. The fraction of sp³-hybridized carbons (Fsp3) is 0.900. The van der Waals surface area contributed by atoms with Gasteiger partial charge in [-0.25, -0.2) is 0 Å². The predicted octanol–water partition coefficient (Wildman–Crippen LogP) is 1.24. The molecule has 2 N–H and O–H groups in total. The monoisotopic (exact) mass is 183 g/mol. The summed E-state index contributed by atoms with van der Waals surface area (Å²) in [7, 11) is 0. The Morgan fingerprint density at radius 3 is 2.54 bits per heavy atom. The molecule has 1 aliphatic heterocycles. The minimum atomic E-state index is -0.588. The minimum Gasteiger partial charge on any atom is -0.481 e. The van der Waals surface area contributed by atoms with Crippen molar-refractivity contribution in [2.45, 2.75) is 32.1 Å². The van der Waals surface area contributed by atoms with Crippen molar-refractivity contribution in [2.24, 2.45) is 11.3 Å². The van der Waals surface area contributed by atoms with Gasteiger partial charge in [0, 0.05) is 0 Å². The summed E-state index contributed by atoms with van der Waals surface area (Å²) in [6.07, 6.45) is 5.30. The largest absolute Gasteiger partial charge is 0.481 e. The lowest BCUT2D eigenvalue weighted by Gasteiger charge is -2.33. The van der Waals surface area contributed by atoms with E-state index in [4.69, 9.17) is 5.11 Å². The average molecular weight is 183 g/mol. The van der Waals surface area contributed by atoms with E-state index < -0.39 is 5.97 Å². The second-order valence-electron chi connectivity index (χ2n) is 4.53. The van der Waals surface area contributed by atoms with E-state index in [1.54, 1.807) is 0 Å². The molecule has 1 atom stereocenters. The molecule has 1 aliphatic carbocycles. The van der Waals surface area contributed by atoms with Crippen LogP contribution in [0.1, 0.15) is 32.1 Å². The Balaban J connectivity index is 1.98. The first-order valence-corrected chi connectivity index (χ1v) is 5.15. The zero-order valence-electron chi connectivity index (χ0n) is 7.88.